The Labute approximate surface area is 244 Å². The second-order valence-electron chi connectivity index (χ2n) is 8.89. The fourth-order valence-corrected chi connectivity index (χ4v) is 4.80. The van der Waals surface area contributed by atoms with E-state index in [9.17, 15) is 19.2 Å². The molecule has 0 atom stereocenters. The van der Waals surface area contributed by atoms with Gasteiger partial charge >= 0.3 is 12.0 Å². The average molecular weight is 587 g/mol. The highest BCUT2D eigenvalue weighted by molar-refractivity contribution is 6.46. The summed E-state index contributed by atoms with van der Waals surface area (Å²) in [6.45, 7) is 0.00405. The molecule has 10 heteroatoms. The molecular weight excluding hydrogens is 567 g/mol. The lowest BCUT2D eigenvalue weighted by atomic mass is 10.0. The van der Waals surface area contributed by atoms with Crippen molar-refractivity contribution in [1.82, 2.24) is 0 Å². The second-order valence-corrected chi connectivity index (χ2v) is 9.73. The van der Waals surface area contributed by atoms with E-state index in [2.05, 4.69) is 0 Å². The predicted octanol–water partition coefficient (Wildman–Crippen LogP) is 6.85. The van der Waals surface area contributed by atoms with Gasteiger partial charge in [-0.2, -0.15) is 0 Å². The third kappa shape index (κ3) is 5.70. The molecule has 41 heavy (non-hydrogen) atoms. The Kier molecular flexibility index (Phi) is 7.87. The fourth-order valence-electron chi connectivity index (χ4n) is 4.23. The fraction of sp³-hybridized carbons (Fsp3) is 0.0323. The molecular formula is C31H20Cl2N2O6. The maximum absolute atomic E-state index is 13.7. The number of benzene rings is 4. The predicted molar refractivity (Wildman–Crippen MR) is 155 cm³/mol. The van der Waals surface area contributed by atoms with Gasteiger partial charge in [-0.3, -0.25) is 9.59 Å². The van der Waals surface area contributed by atoms with Gasteiger partial charge in [0.2, 0.25) is 0 Å². The van der Waals surface area contributed by atoms with Crippen LogP contribution in [0.1, 0.15) is 21.5 Å². The molecule has 1 fully saturated rings. The largest absolute Gasteiger partial charge is 0.487 e. The molecule has 0 aromatic heterocycles. The van der Waals surface area contributed by atoms with Gasteiger partial charge < -0.3 is 9.84 Å². The van der Waals surface area contributed by atoms with Gasteiger partial charge in [-0.1, -0.05) is 71.7 Å². The van der Waals surface area contributed by atoms with Gasteiger partial charge in [0.25, 0.3) is 11.8 Å². The Morgan fingerprint density at radius 3 is 1.83 bits per heavy atom. The van der Waals surface area contributed by atoms with Gasteiger partial charge in [0.15, 0.2) is 0 Å². The highest BCUT2D eigenvalue weighted by Crippen LogP contribution is 2.36. The van der Waals surface area contributed by atoms with Gasteiger partial charge in [0, 0.05) is 10.6 Å². The summed E-state index contributed by atoms with van der Waals surface area (Å²) >= 11 is 12.7. The van der Waals surface area contributed by atoms with Crippen LogP contribution in [0.25, 0.3) is 6.08 Å². The van der Waals surface area contributed by atoms with E-state index in [1.165, 1.54) is 30.3 Å². The van der Waals surface area contributed by atoms with Gasteiger partial charge in [-0.05, 0) is 60.2 Å². The van der Waals surface area contributed by atoms with Crippen molar-refractivity contribution in [2.75, 3.05) is 9.80 Å². The molecule has 1 N–H and O–H groups in total. The van der Waals surface area contributed by atoms with Crippen molar-refractivity contribution in [3.8, 4) is 5.75 Å². The lowest BCUT2D eigenvalue weighted by molar-refractivity contribution is -0.121. The first-order valence-corrected chi connectivity index (χ1v) is 13.0. The maximum atomic E-state index is 13.7. The molecule has 0 radical (unpaired) electrons. The zero-order valence-electron chi connectivity index (χ0n) is 21.2. The number of carboxylic acid groups (broad SMARTS) is 1. The smallest absolute Gasteiger partial charge is 0.343 e. The number of halogens is 2. The molecule has 0 saturated carbocycles. The zero-order chi connectivity index (χ0) is 29.1. The number of urea groups is 1. The number of para-hydroxylation sites is 2. The van der Waals surface area contributed by atoms with E-state index >= 15 is 0 Å². The van der Waals surface area contributed by atoms with Crippen LogP contribution in [0.4, 0.5) is 16.2 Å². The highest BCUT2D eigenvalue weighted by Gasteiger charge is 2.43. The van der Waals surface area contributed by atoms with Crippen LogP contribution in [-0.2, 0) is 16.2 Å². The summed E-state index contributed by atoms with van der Waals surface area (Å²) in [5, 5.41) is 9.48. The van der Waals surface area contributed by atoms with Crippen LogP contribution in [0.5, 0.6) is 5.75 Å². The van der Waals surface area contributed by atoms with Crippen LogP contribution < -0.4 is 14.5 Å². The molecule has 4 aromatic rings. The number of hydrogen-bond donors (Lipinski definition) is 1. The van der Waals surface area contributed by atoms with Crippen molar-refractivity contribution in [2.24, 2.45) is 0 Å². The van der Waals surface area contributed by atoms with E-state index in [0.717, 1.165) is 9.80 Å². The standard InChI is InChI=1S/C31H20Cl2N2O6/c32-22-15-21(27(26(33)17-22)41-18-19-11-13-20(14-12-19)30(38)39)16-25-28(36)34(23-7-3-1-4-8-23)31(40)35(29(25)37)24-9-5-2-6-10-24/h1-17H,18H2,(H,38,39). The summed E-state index contributed by atoms with van der Waals surface area (Å²) in [4.78, 5) is 54.0. The topological polar surface area (TPSA) is 104 Å². The number of carbonyl (C=O) groups excluding carboxylic acids is 3. The SMILES string of the molecule is O=C(O)c1ccc(COc2c(Cl)cc(Cl)cc2C=C2C(=O)N(c3ccccc3)C(=O)N(c3ccccc3)C2=O)cc1. The van der Waals surface area contributed by atoms with E-state index < -0.39 is 23.8 Å². The van der Waals surface area contributed by atoms with Crippen LogP contribution in [0.3, 0.4) is 0 Å². The number of carbonyl (C=O) groups is 4. The Morgan fingerprint density at radius 1 is 0.780 bits per heavy atom. The quantitative estimate of drug-likeness (QED) is 0.187. The Balaban J connectivity index is 1.57. The summed E-state index contributed by atoms with van der Waals surface area (Å²) in [5.41, 5.74) is 1.27. The number of carboxylic acids is 1. The summed E-state index contributed by atoms with van der Waals surface area (Å²) in [5.74, 6) is -2.57. The molecule has 1 aliphatic rings. The minimum Gasteiger partial charge on any atom is -0.487 e. The first kappa shape index (κ1) is 27.6. The molecule has 0 spiro atoms. The minimum absolute atomic E-state index is 0.00405. The molecule has 1 saturated heterocycles. The van der Waals surface area contributed by atoms with Crippen molar-refractivity contribution < 1.29 is 29.0 Å². The van der Waals surface area contributed by atoms with E-state index in [4.69, 9.17) is 33.0 Å². The van der Waals surface area contributed by atoms with Gasteiger partial charge in [0.05, 0.1) is 22.0 Å². The number of barbiturate groups is 1. The van der Waals surface area contributed by atoms with Gasteiger partial charge in [-0.15, -0.1) is 0 Å². The van der Waals surface area contributed by atoms with Crippen LogP contribution >= 0.6 is 23.2 Å². The van der Waals surface area contributed by atoms with Crippen molar-refractivity contribution in [1.29, 1.82) is 0 Å². The molecule has 4 amide bonds. The number of aromatic carboxylic acids is 1. The molecule has 204 valence electrons. The van der Waals surface area contributed by atoms with Crippen LogP contribution in [-0.4, -0.2) is 28.9 Å². The number of imide groups is 2. The molecule has 4 aromatic carbocycles. The maximum Gasteiger partial charge on any atom is 0.343 e. The lowest BCUT2D eigenvalue weighted by Gasteiger charge is -2.34. The van der Waals surface area contributed by atoms with Crippen LogP contribution in [0.2, 0.25) is 10.0 Å². The first-order valence-electron chi connectivity index (χ1n) is 12.2. The number of anilines is 2. The molecule has 0 aliphatic carbocycles. The molecule has 1 aliphatic heterocycles. The van der Waals surface area contributed by atoms with E-state index in [1.807, 2.05) is 0 Å². The number of amides is 4. The van der Waals surface area contributed by atoms with Crippen molar-refractivity contribution >= 4 is 64.5 Å². The van der Waals surface area contributed by atoms with Gasteiger partial charge in [0.1, 0.15) is 17.9 Å². The molecule has 1 heterocycles. The third-order valence-electron chi connectivity index (χ3n) is 6.20. The summed E-state index contributed by atoms with van der Waals surface area (Å²) < 4.78 is 5.97. The number of ether oxygens (including phenoxy) is 1. The average Bonchev–Trinajstić information content (AvgIpc) is 2.96. The molecule has 8 nitrogen and oxygen atoms in total. The van der Waals surface area contributed by atoms with Crippen LogP contribution in [0, 0.1) is 0 Å². The van der Waals surface area contributed by atoms with Crippen molar-refractivity contribution in [3.05, 3.63) is 129 Å². The van der Waals surface area contributed by atoms with Crippen molar-refractivity contribution in [2.45, 2.75) is 6.61 Å². The molecule has 5 rings (SSSR count). The second kappa shape index (κ2) is 11.7. The monoisotopic (exact) mass is 586 g/mol. The molecule has 0 unspecified atom stereocenters. The summed E-state index contributed by atoms with van der Waals surface area (Å²) in [6, 6.07) is 24.7. The Bertz CT molecular complexity index is 1630. The third-order valence-corrected chi connectivity index (χ3v) is 6.70. The van der Waals surface area contributed by atoms with E-state index in [1.54, 1.807) is 72.8 Å². The van der Waals surface area contributed by atoms with Gasteiger partial charge in [-0.25, -0.2) is 19.4 Å². The van der Waals surface area contributed by atoms with Crippen molar-refractivity contribution in [3.63, 3.8) is 0 Å². The molecule has 0 bridgehead atoms. The Hall–Kier alpha value is -4.92. The normalized spacial score (nSPS) is 13.4. The number of nitrogens with zero attached hydrogens (tertiary/aromatic N) is 2. The first-order chi connectivity index (χ1) is 19.7. The zero-order valence-corrected chi connectivity index (χ0v) is 22.7. The minimum atomic E-state index is -1.05. The van der Waals surface area contributed by atoms with E-state index in [0.29, 0.717) is 5.56 Å². The van der Waals surface area contributed by atoms with E-state index in [-0.39, 0.29) is 50.5 Å². The van der Waals surface area contributed by atoms with Crippen LogP contribution in [0.15, 0.2) is 103 Å². The summed E-state index contributed by atoms with van der Waals surface area (Å²) in [6.07, 6.45) is 1.30. The summed E-state index contributed by atoms with van der Waals surface area (Å²) in [7, 11) is 0. The highest BCUT2D eigenvalue weighted by atomic mass is 35.5. The lowest BCUT2D eigenvalue weighted by Crippen LogP contribution is -2.57. The Morgan fingerprint density at radius 2 is 1.32 bits per heavy atom. The number of rotatable bonds is 7. The number of hydrogen-bond acceptors (Lipinski definition) is 5.